The molecule has 0 unspecified atom stereocenters. The predicted molar refractivity (Wildman–Crippen MR) is 60.6 cm³/mol. The Kier molecular flexibility index (Phi) is 2.80. The van der Waals surface area contributed by atoms with Crippen LogP contribution in [0.3, 0.4) is 0 Å². The minimum absolute atomic E-state index is 0.0192. The first-order valence-electron chi connectivity index (χ1n) is 4.26. The summed E-state index contributed by atoms with van der Waals surface area (Å²) in [6, 6.07) is 1.16. The second-order valence-corrected chi connectivity index (χ2v) is 4.55. The van der Waals surface area contributed by atoms with Gasteiger partial charge in [-0.1, -0.05) is 0 Å². The Labute approximate surface area is 98.8 Å². The van der Waals surface area contributed by atoms with Crippen LogP contribution in [0.15, 0.2) is 26.9 Å². The Morgan fingerprint density at radius 1 is 1.50 bits per heavy atom. The second-order valence-electron chi connectivity index (χ2n) is 3.04. The van der Waals surface area contributed by atoms with Gasteiger partial charge in [-0.3, -0.25) is 9.36 Å². The lowest BCUT2D eigenvalue weighted by atomic mass is 10.3. The maximum Gasteiger partial charge on any atom is 0.226 e. The van der Waals surface area contributed by atoms with Crippen molar-refractivity contribution in [2.75, 3.05) is 0 Å². The van der Waals surface area contributed by atoms with Crippen molar-refractivity contribution >= 4 is 23.6 Å². The molecule has 0 amide bonds. The molecule has 2 rings (SSSR count). The quantitative estimate of drug-likeness (QED) is 0.801. The lowest BCUT2D eigenvalue weighted by Crippen LogP contribution is -2.04. The monoisotopic (exact) mass is 257 g/mol. The van der Waals surface area contributed by atoms with Crippen LogP contribution in [0.25, 0.3) is 0 Å². The summed E-state index contributed by atoms with van der Waals surface area (Å²) in [7, 11) is 0. The Bertz CT molecular complexity index is 625. The molecule has 0 atom stereocenters. The van der Waals surface area contributed by atoms with E-state index in [0.717, 1.165) is 12.3 Å². The molecule has 0 aliphatic carbocycles. The number of nitrogens with zero attached hydrogens (tertiary/aromatic N) is 1. The molecular formula is C9H7NO4S2. The van der Waals surface area contributed by atoms with Gasteiger partial charge in [0, 0.05) is 6.07 Å². The fraction of sp³-hybridized carbons (Fsp3) is 0.111. The summed E-state index contributed by atoms with van der Waals surface area (Å²) in [6.07, 6.45) is 0.963. The van der Waals surface area contributed by atoms with E-state index >= 15 is 0 Å². The van der Waals surface area contributed by atoms with Crippen molar-refractivity contribution in [1.82, 2.24) is 4.57 Å². The highest BCUT2D eigenvalue weighted by atomic mass is 32.1. The van der Waals surface area contributed by atoms with Gasteiger partial charge < -0.3 is 14.6 Å². The molecule has 0 bridgehead atoms. The smallest absolute Gasteiger partial charge is 0.226 e. The summed E-state index contributed by atoms with van der Waals surface area (Å²) in [5.74, 6) is -0.111. The summed E-state index contributed by atoms with van der Waals surface area (Å²) in [5, 5.41) is 20.0. The number of thiazole rings is 1. The van der Waals surface area contributed by atoms with Gasteiger partial charge in [0.2, 0.25) is 11.3 Å². The van der Waals surface area contributed by atoms with Crippen LogP contribution in [0.4, 0.5) is 0 Å². The molecule has 0 fully saturated rings. The zero-order valence-corrected chi connectivity index (χ0v) is 9.55. The molecule has 84 valence electrons. The van der Waals surface area contributed by atoms with E-state index in [-0.39, 0.29) is 12.4 Å². The highest BCUT2D eigenvalue weighted by Gasteiger charge is 2.07. The molecule has 0 radical (unpaired) electrons. The van der Waals surface area contributed by atoms with Gasteiger partial charge in [-0.25, -0.2) is 0 Å². The third-order valence-corrected chi connectivity index (χ3v) is 3.20. The fourth-order valence-electron chi connectivity index (χ4n) is 1.15. The molecule has 2 N–H and O–H groups in total. The van der Waals surface area contributed by atoms with Crippen molar-refractivity contribution in [2.24, 2.45) is 0 Å². The van der Waals surface area contributed by atoms with Gasteiger partial charge in [0.15, 0.2) is 9.70 Å². The van der Waals surface area contributed by atoms with Crippen LogP contribution in [-0.4, -0.2) is 14.8 Å². The standard InChI is InChI=1S/C9H7NO4S2/c11-6-1-5(14-3-7(6)12)2-10-8(13)4-16-9(10)15/h1,3-4,12-13H,2H2. The number of hydrogen-bond donors (Lipinski definition) is 2. The van der Waals surface area contributed by atoms with Crippen LogP contribution < -0.4 is 5.43 Å². The topological polar surface area (TPSA) is 75.6 Å². The first kappa shape index (κ1) is 10.9. The number of aromatic hydroxyl groups is 2. The summed E-state index contributed by atoms with van der Waals surface area (Å²) in [4.78, 5) is 11.1. The van der Waals surface area contributed by atoms with Gasteiger partial charge in [-0.2, -0.15) is 0 Å². The van der Waals surface area contributed by atoms with Crippen LogP contribution >= 0.6 is 23.6 Å². The molecule has 0 saturated carbocycles. The highest BCUT2D eigenvalue weighted by Crippen LogP contribution is 2.18. The van der Waals surface area contributed by atoms with E-state index in [1.165, 1.54) is 21.3 Å². The fourth-order valence-corrected chi connectivity index (χ4v) is 2.07. The Hall–Kier alpha value is -1.60. The predicted octanol–water partition coefficient (Wildman–Crippen LogP) is 1.69. The van der Waals surface area contributed by atoms with Crippen molar-refractivity contribution < 1.29 is 14.6 Å². The summed E-state index contributed by atoms with van der Waals surface area (Å²) in [5.41, 5.74) is -0.525. The number of rotatable bonds is 2. The van der Waals surface area contributed by atoms with E-state index in [0.29, 0.717) is 9.71 Å². The van der Waals surface area contributed by atoms with Crippen LogP contribution in [0.1, 0.15) is 5.76 Å². The number of hydrogen-bond acceptors (Lipinski definition) is 6. The molecule has 2 aromatic rings. The van der Waals surface area contributed by atoms with Crippen LogP contribution in [0.2, 0.25) is 0 Å². The van der Waals surface area contributed by atoms with E-state index in [4.69, 9.17) is 21.7 Å². The molecule has 2 aromatic heterocycles. The van der Waals surface area contributed by atoms with Gasteiger partial charge >= 0.3 is 0 Å². The third-order valence-electron chi connectivity index (χ3n) is 1.94. The zero-order chi connectivity index (χ0) is 11.7. The molecule has 0 aromatic carbocycles. The van der Waals surface area contributed by atoms with E-state index in [2.05, 4.69) is 0 Å². The lowest BCUT2D eigenvalue weighted by molar-refractivity contribution is 0.388. The van der Waals surface area contributed by atoms with Gasteiger partial charge in [0.25, 0.3) is 0 Å². The van der Waals surface area contributed by atoms with E-state index in [9.17, 15) is 9.90 Å². The molecular weight excluding hydrogens is 250 g/mol. The maximum atomic E-state index is 11.1. The molecule has 0 aliphatic rings. The molecule has 0 spiro atoms. The number of aromatic nitrogens is 1. The molecule has 0 saturated heterocycles. The average molecular weight is 257 g/mol. The van der Waals surface area contributed by atoms with Crippen LogP contribution in [0, 0.1) is 3.95 Å². The van der Waals surface area contributed by atoms with Crippen molar-refractivity contribution in [1.29, 1.82) is 0 Å². The Morgan fingerprint density at radius 3 is 2.81 bits per heavy atom. The summed E-state index contributed by atoms with van der Waals surface area (Å²) in [6.45, 7) is 0.156. The molecule has 5 nitrogen and oxygen atoms in total. The minimum atomic E-state index is -0.525. The maximum absolute atomic E-state index is 11.1. The van der Waals surface area contributed by atoms with E-state index in [1.807, 2.05) is 0 Å². The van der Waals surface area contributed by atoms with Crippen LogP contribution in [-0.2, 0) is 6.54 Å². The average Bonchev–Trinajstić information content (AvgIpc) is 2.55. The molecule has 7 heteroatoms. The molecule has 2 heterocycles. The third kappa shape index (κ3) is 2.00. The van der Waals surface area contributed by atoms with Crippen molar-refractivity contribution in [3.63, 3.8) is 0 Å². The SMILES string of the molecule is O=c1cc(Cn2c(O)csc2=S)occ1O. The van der Waals surface area contributed by atoms with E-state index < -0.39 is 11.2 Å². The van der Waals surface area contributed by atoms with Crippen LogP contribution in [0.5, 0.6) is 11.6 Å². The van der Waals surface area contributed by atoms with Gasteiger partial charge in [0.05, 0.1) is 11.9 Å². The minimum Gasteiger partial charge on any atom is -0.502 e. The molecule has 16 heavy (non-hydrogen) atoms. The summed E-state index contributed by atoms with van der Waals surface area (Å²) < 4.78 is 6.90. The Balaban J connectivity index is 2.38. The van der Waals surface area contributed by atoms with Crippen molar-refractivity contribution in [3.8, 4) is 11.6 Å². The van der Waals surface area contributed by atoms with Crippen molar-refractivity contribution in [3.05, 3.63) is 37.6 Å². The zero-order valence-electron chi connectivity index (χ0n) is 7.91. The Morgan fingerprint density at radius 2 is 2.25 bits per heavy atom. The highest BCUT2D eigenvalue weighted by molar-refractivity contribution is 7.73. The molecule has 0 aliphatic heterocycles. The second kappa shape index (κ2) is 4.11. The van der Waals surface area contributed by atoms with Gasteiger partial charge in [-0.15, -0.1) is 11.3 Å². The summed E-state index contributed by atoms with van der Waals surface area (Å²) >= 11 is 6.20. The first-order chi connectivity index (χ1) is 7.58. The normalized spacial score (nSPS) is 10.5. The van der Waals surface area contributed by atoms with Crippen molar-refractivity contribution in [2.45, 2.75) is 6.54 Å². The lowest BCUT2D eigenvalue weighted by Gasteiger charge is -2.03. The first-order valence-corrected chi connectivity index (χ1v) is 5.54. The largest absolute Gasteiger partial charge is 0.502 e. The van der Waals surface area contributed by atoms with Gasteiger partial charge in [0.1, 0.15) is 12.0 Å². The van der Waals surface area contributed by atoms with E-state index in [1.54, 1.807) is 0 Å². The van der Waals surface area contributed by atoms with Gasteiger partial charge in [-0.05, 0) is 12.2 Å².